The van der Waals surface area contributed by atoms with Gasteiger partial charge in [-0.25, -0.2) is 8.42 Å². The zero-order valence-electron chi connectivity index (χ0n) is 14.8. The van der Waals surface area contributed by atoms with Gasteiger partial charge in [0.1, 0.15) is 17.3 Å². The number of ether oxygens (including phenoxy) is 1. The normalized spacial score (nSPS) is 15.4. The van der Waals surface area contributed by atoms with Crippen molar-refractivity contribution in [2.45, 2.75) is 36.6 Å². The Bertz CT molecular complexity index is 861. The lowest BCUT2D eigenvalue weighted by atomic mass is 10.1. The minimum Gasteiger partial charge on any atom is -0.741 e. The van der Waals surface area contributed by atoms with Crippen LogP contribution in [0.15, 0.2) is 41.3 Å². The quantitative estimate of drug-likeness (QED) is 0.415. The van der Waals surface area contributed by atoms with Crippen LogP contribution in [0.1, 0.15) is 26.2 Å². The van der Waals surface area contributed by atoms with Crippen LogP contribution in [0, 0.1) is 0 Å². The molecule has 0 atom stereocenters. The molecule has 2 aromatic rings. The highest BCUT2D eigenvalue weighted by atomic mass is 32.2. The molecule has 0 aliphatic carbocycles. The molecule has 1 saturated heterocycles. The highest BCUT2D eigenvalue weighted by Crippen LogP contribution is 2.34. The standard InChI is InChI=1S/C17H21OS.CHF3O3S/c1-2-11-18-16-9-10-17(19-12-5-6-13-19)15-8-4-3-7-14(15)16;2-1(3,4)8(5,6)7/h3-4,7-10H,2,5-6,11-13H2,1H3;(H,5,6,7)/q+1;/p-1. The molecule has 2 aromatic carbocycles. The van der Waals surface area contributed by atoms with E-state index in [1.165, 1.54) is 35.1 Å². The molecule has 0 spiro atoms. The van der Waals surface area contributed by atoms with Crippen molar-refractivity contribution in [3.8, 4) is 5.75 Å². The van der Waals surface area contributed by atoms with Gasteiger partial charge in [-0.3, -0.25) is 0 Å². The largest absolute Gasteiger partial charge is 0.741 e. The predicted octanol–water partition coefficient (Wildman–Crippen LogP) is 4.45. The fourth-order valence-electron chi connectivity index (χ4n) is 2.71. The van der Waals surface area contributed by atoms with Crippen LogP contribution in [0.5, 0.6) is 5.75 Å². The van der Waals surface area contributed by atoms with Crippen molar-refractivity contribution in [2.24, 2.45) is 0 Å². The number of alkyl halides is 3. The topological polar surface area (TPSA) is 66.4 Å². The maximum atomic E-state index is 10.7. The average molecular weight is 422 g/mol. The van der Waals surface area contributed by atoms with E-state index in [1.807, 2.05) is 0 Å². The lowest BCUT2D eigenvalue weighted by molar-refractivity contribution is -0.0517. The Morgan fingerprint density at radius 3 is 2.15 bits per heavy atom. The van der Waals surface area contributed by atoms with Gasteiger partial charge in [0.25, 0.3) is 0 Å². The van der Waals surface area contributed by atoms with Crippen LogP contribution < -0.4 is 4.74 Å². The Kier molecular flexibility index (Phi) is 7.41. The van der Waals surface area contributed by atoms with Gasteiger partial charge in [0.05, 0.1) is 6.61 Å². The Morgan fingerprint density at radius 2 is 1.63 bits per heavy atom. The lowest BCUT2D eigenvalue weighted by Gasteiger charge is -2.11. The van der Waals surface area contributed by atoms with Crippen molar-refractivity contribution >= 4 is 31.8 Å². The van der Waals surface area contributed by atoms with E-state index in [1.54, 1.807) is 4.90 Å². The average Bonchev–Trinajstić information content (AvgIpc) is 3.13. The van der Waals surface area contributed by atoms with E-state index < -0.39 is 15.6 Å². The number of halogens is 3. The van der Waals surface area contributed by atoms with E-state index in [0.29, 0.717) is 10.9 Å². The second-order valence-electron chi connectivity index (χ2n) is 5.96. The van der Waals surface area contributed by atoms with Crippen molar-refractivity contribution in [1.29, 1.82) is 0 Å². The first-order valence-corrected chi connectivity index (χ1v) is 11.5. The van der Waals surface area contributed by atoms with Gasteiger partial charge in [0, 0.05) is 21.7 Å². The van der Waals surface area contributed by atoms with Gasteiger partial charge in [0.2, 0.25) is 0 Å². The van der Waals surface area contributed by atoms with Crippen molar-refractivity contribution in [1.82, 2.24) is 0 Å². The number of fused-ring (bicyclic) bond motifs is 1. The summed E-state index contributed by atoms with van der Waals surface area (Å²) in [4.78, 5) is 1.55. The first-order valence-electron chi connectivity index (χ1n) is 8.49. The van der Waals surface area contributed by atoms with E-state index in [-0.39, 0.29) is 0 Å². The summed E-state index contributed by atoms with van der Waals surface area (Å²) in [5.74, 6) is 3.79. The number of rotatable bonds is 4. The van der Waals surface area contributed by atoms with Crippen LogP contribution in [0.2, 0.25) is 0 Å². The van der Waals surface area contributed by atoms with Gasteiger partial charge in [-0.15, -0.1) is 0 Å². The molecule has 0 radical (unpaired) electrons. The molecule has 3 rings (SSSR count). The highest BCUT2D eigenvalue weighted by Gasteiger charge is 2.37. The molecule has 0 aromatic heterocycles. The van der Waals surface area contributed by atoms with E-state index >= 15 is 0 Å². The molecule has 1 aliphatic heterocycles. The van der Waals surface area contributed by atoms with Crippen LogP contribution in [0.3, 0.4) is 0 Å². The molecule has 27 heavy (non-hydrogen) atoms. The first-order chi connectivity index (χ1) is 12.6. The van der Waals surface area contributed by atoms with Crippen molar-refractivity contribution in [3.05, 3.63) is 36.4 Å². The molecule has 150 valence electrons. The molecule has 1 aliphatic rings. The summed E-state index contributed by atoms with van der Waals surface area (Å²) in [6, 6.07) is 13.2. The number of benzene rings is 2. The van der Waals surface area contributed by atoms with Crippen LogP contribution >= 0.6 is 0 Å². The molecule has 0 saturated carbocycles. The first kappa shape index (κ1) is 21.8. The Morgan fingerprint density at radius 1 is 1.07 bits per heavy atom. The van der Waals surface area contributed by atoms with Gasteiger partial charge in [-0.2, -0.15) is 13.2 Å². The van der Waals surface area contributed by atoms with Crippen molar-refractivity contribution < 1.29 is 30.9 Å². The highest BCUT2D eigenvalue weighted by molar-refractivity contribution is 7.97. The van der Waals surface area contributed by atoms with Gasteiger partial charge in [0.15, 0.2) is 15.0 Å². The molecular formula is C18H21F3O4S2. The second-order valence-corrected chi connectivity index (χ2v) is 9.58. The molecule has 1 fully saturated rings. The van der Waals surface area contributed by atoms with Gasteiger partial charge in [-0.05, 0) is 37.5 Å². The van der Waals surface area contributed by atoms with E-state index in [2.05, 4.69) is 43.3 Å². The summed E-state index contributed by atoms with van der Waals surface area (Å²) in [5.41, 5.74) is -5.65. The second kappa shape index (κ2) is 9.16. The predicted molar refractivity (Wildman–Crippen MR) is 100 cm³/mol. The van der Waals surface area contributed by atoms with Crippen LogP contribution in [0.4, 0.5) is 13.2 Å². The molecule has 4 nitrogen and oxygen atoms in total. The lowest BCUT2D eigenvalue weighted by Crippen LogP contribution is -2.21. The Hall–Kier alpha value is -1.45. The van der Waals surface area contributed by atoms with Crippen LogP contribution in [0.25, 0.3) is 10.8 Å². The van der Waals surface area contributed by atoms with Crippen LogP contribution in [-0.4, -0.2) is 36.6 Å². The molecule has 9 heteroatoms. The molecule has 0 bridgehead atoms. The van der Waals surface area contributed by atoms with E-state index in [4.69, 9.17) is 17.7 Å². The molecule has 0 amide bonds. The third-order valence-electron chi connectivity index (χ3n) is 3.93. The minimum absolute atomic E-state index is 0.465. The van der Waals surface area contributed by atoms with E-state index in [9.17, 15) is 13.2 Å². The summed E-state index contributed by atoms with van der Waals surface area (Å²) < 4.78 is 64.8. The molecule has 0 N–H and O–H groups in total. The summed E-state index contributed by atoms with van der Waals surface area (Å²) in [5, 5.41) is 2.69. The summed E-state index contributed by atoms with van der Waals surface area (Å²) in [7, 11) is -5.63. The minimum atomic E-state index is -6.09. The SMILES string of the molecule is CCCOc1ccc([S+]2CCCC2)c2ccccc12.O=S(=O)([O-])C(F)(F)F. The Labute approximate surface area is 159 Å². The van der Waals surface area contributed by atoms with Crippen LogP contribution in [-0.2, 0) is 21.0 Å². The monoisotopic (exact) mass is 422 g/mol. The summed E-state index contributed by atoms with van der Waals surface area (Å²) in [6.07, 6.45) is 3.84. The summed E-state index contributed by atoms with van der Waals surface area (Å²) in [6.45, 7) is 2.95. The van der Waals surface area contributed by atoms with Gasteiger partial charge >= 0.3 is 5.51 Å². The fourth-order valence-corrected chi connectivity index (χ4v) is 5.21. The molecule has 1 heterocycles. The van der Waals surface area contributed by atoms with Crippen molar-refractivity contribution in [3.63, 3.8) is 0 Å². The maximum absolute atomic E-state index is 10.7. The fraction of sp³-hybridized carbons (Fsp3) is 0.444. The van der Waals surface area contributed by atoms with E-state index in [0.717, 1.165) is 18.8 Å². The number of hydrogen-bond donors (Lipinski definition) is 0. The van der Waals surface area contributed by atoms with Gasteiger partial charge in [-0.1, -0.05) is 25.1 Å². The zero-order valence-corrected chi connectivity index (χ0v) is 16.4. The van der Waals surface area contributed by atoms with Gasteiger partial charge < -0.3 is 9.29 Å². The maximum Gasteiger partial charge on any atom is 0.485 e. The summed E-state index contributed by atoms with van der Waals surface area (Å²) >= 11 is 0. The number of hydrogen-bond acceptors (Lipinski definition) is 4. The molecule has 0 unspecified atom stereocenters. The third kappa shape index (κ3) is 5.76. The molecular weight excluding hydrogens is 401 g/mol. The Balaban J connectivity index is 0.000000279. The van der Waals surface area contributed by atoms with Crippen molar-refractivity contribution in [2.75, 3.05) is 18.1 Å². The zero-order chi connectivity index (χ0) is 20.1. The smallest absolute Gasteiger partial charge is 0.485 e. The third-order valence-corrected chi connectivity index (χ3v) is 7.04.